The standard InChI is InChI=1S/C13H24N2O/c1-10(2)4-3-8-15-9-7-12(13(15)16)14-11-5-6-11/h10-12,14H,3-9H2,1-2H3. The molecule has 1 aliphatic heterocycles. The SMILES string of the molecule is CC(C)CCCN1CCC(NC2CC2)C1=O. The Morgan fingerprint density at radius 3 is 2.75 bits per heavy atom. The molecule has 0 radical (unpaired) electrons. The van der Waals surface area contributed by atoms with E-state index in [1.807, 2.05) is 4.90 Å². The topological polar surface area (TPSA) is 32.3 Å². The van der Waals surface area contributed by atoms with Crippen molar-refractivity contribution in [2.24, 2.45) is 5.92 Å². The van der Waals surface area contributed by atoms with Gasteiger partial charge in [0, 0.05) is 19.1 Å². The summed E-state index contributed by atoms with van der Waals surface area (Å²) in [4.78, 5) is 14.1. The lowest BCUT2D eigenvalue weighted by molar-refractivity contribution is -0.129. The number of likely N-dealkylation sites (tertiary alicyclic amines) is 1. The Hall–Kier alpha value is -0.570. The first-order valence-corrected chi connectivity index (χ1v) is 6.71. The Balaban J connectivity index is 1.68. The van der Waals surface area contributed by atoms with Crippen LogP contribution in [-0.2, 0) is 4.79 Å². The summed E-state index contributed by atoms with van der Waals surface area (Å²) in [5, 5.41) is 3.44. The fourth-order valence-electron chi connectivity index (χ4n) is 2.34. The Morgan fingerprint density at radius 1 is 1.38 bits per heavy atom. The zero-order chi connectivity index (χ0) is 11.5. The molecule has 0 bridgehead atoms. The highest BCUT2D eigenvalue weighted by Gasteiger charge is 2.35. The van der Waals surface area contributed by atoms with Crippen molar-refractivity contribution in [1.82, 2.24) is 10.2 Å². The van der Waals surface area contributed by atoms with Crippen molar-refractivity contribution in [3.05, 3.63) is 0 Å². The Kier molecular flexibility index (Phi) is 3.85. The van der Waals surface area contributed by atoms with E-state index in [1.54, 1.807) is 0 Å². The van der Waals surface area contributed by atoms with Crippen LogP contribution in [0.15, 0.2) is 0 Å². The van der Waals surface area contributed by atoms with Crippen LogP contribution in [0.2, 0.25) is 0 Å². The van der Waals surface area contributed by atoms with Crippen molar-refractivity contribution >= 4 is 5.91 Å². The molecule has 1 unspecified atom stereocenters. The third-order valence-electron chi connectivity index (χ3n) is 3.52. The molecule has 3 heteroatoms. The van der Waals surface area contributed by atoms with Crippen LogP contribution in [0.25, 0.3) is 0 Å². The molecular weight excluding hydrogens is 200 g/mol. The zero-order valence-electron chi connectivity index (χ0n) is 10.5. The van der Waals surface area contributed by atoms with E-state index in [-0.39, 0.29) is 6.04 Å². The summed E-state index contributed by atoms with van der Waals surface area (Å²) in [6, 6.07) is 0.774. The summed E-state index contributed by atoms with van der Waals surface area (Å²) in [6.07, 6.45) is 5.91. The molecule has 1 saturated heterocycles. The summed E-state index contributed by atoms with van der Waals surface area (Å²) in [7, 11) is 0. The van der Waals surface area contributed by atoms with Crippen LogP contribution in [0, 0.1) is 5.92 Å². The van der Waals surface area contributed by atoms with Gasteiger partial charge in [-0.1, -0.05) is 13.8 Å². The average Bonchev–Trinajstić information content (AvgIpc) is 2.97. The van der Waals surface area contributed by atoms with Crippen molar-refractivity contribution in [3.63, 3.8) is 0 Å². The van der Waals surface area contributed by atoms with Gasteiger partial charge in [0.1, 0.15) is 0 Å². The number of carbonyl (C=O) groups excluding carboxylic acids is 1. The summed E-state index contributed by atoms with van der Waals surface area (Å²) < 4.78 is 0. The molecule has 1 atom stereocenters. The molecule has 1 N–H and O–H groups in total. The molecule has 2 aliphatic rings. The van der Waals surface area contributed by atoms with Crippen LogP contribution in [0.4, 0.5) is 0 Å². The average molecular weight is 224 g/mol. The minimum absolute atomic E-state index is 0.131. The number of hydrogen-bond acceptors (Lipinski definition) is 2. The van der Waals surface area contributed by atoms with Crippen LogP contribution in [0.3, 0.4) is 0 Å². The molecule has 1 saturated carbocycles. The van der Waals surface area contributed by atoms with E-state index in [0.29, 0.717) is 11.9 Å². The monoisotopic (exact) mass is 224 g/mol. The van der Waals surface area contributed by atoms with Gasteiger partial charge in [0.2, 0.25) is 5.91 Å². The lowest BCUT2D eigenvalue weighted by Gasteiger charge is -2.17. The van der Waals surface area contributed by atoms with Crippen molar-refractivity contribution in [2.75, 3.05) is 13.1 Å². The van der Waals surface area contributed by atoms with Gasteiger partial charge in [-0.15, -0.1) is 0 Å². The van der Waals surface area contributed by atoms with E-state index < -0.39 is 0 Å². The van der Waals surface area contributed by atoms with Gasteiger partial charge in [0.15, 0.2) is 0 Å². The highest BCUT2D eigenvalue weighted by Crippen LogP contribution is 2.22. The Morgan fingerprint density at radius 2 is 2.12 bits per heavy atom. The molecule has 16 heavy (non-hydrogen) atoms. The summed E-state index contributed by atoms with van der Waals surface area (Å²) in [6.45, 7) is 6.40. The smallest absolute Gasteiger partial charge is 0.239 e. The van der Waals surface area contributed by atoms with Crippen LogP contribution < -0.4 is 5.32 Å². The molecule has 0 aromatic heterocycles. The second kappa shape index (κ2) is 5.17. The summed E-state index contributed by atoms with van der Waals surface area (Å²) in [5.41, 5.74) is 0. The van der Waals surface area contributed by atoms with Gasteiger partial charge in [0.05, 0.1) is 6.04 Å². The van der Waals surface area contributed by atoms with E-state index in [9.17, 15) is 4.79 Å². The number of amides is 1. The van der Waals surface area contributed by atoms with E-state index in [1.165, 1.54) is 19.3 Å². The third kappa shape index (κ3) is 3.21. The minimum Gasteiger partial charge on any atom is -0.341 e. The van der Waals surface area contributed by atoms with E-state index in [0.717, 1.165) is 31.8 Å². The Labute approximate surface area is 98.6 Å². The number of nitrogens with zero attached hydrogens (tertiary/aromatic N) is 1. The van der Waals surface area contributed by atoms with Crippen LogP contribution in [0.5, 0.6) is 0 Å². The molecule has 1 amide bonds. The predicted molar refractivity (Wildman–Crippen MR) is 65.2 cm³/mol. The van der Waals surface area contributed by atoms with E-state index in [2.05, 4.69) is 19.2 Å². The number of nitrogens with one attached hydrogen (secondary N) is 1. The first-order chi connectivity index (χ1) is 7.66. The predicted octanol–water partition coefficient (Wildman–Crippen LogP) is 1.78. The molecule has 1 heterocycles. The zero-order valence-corrected chi connectivity index (χ0v) is 10.5. The second-order valence-electron chi connectivity index (χ2n) is 5.64. The van der Waals surface area contributed by atoms with Gasteiger partial charge in [0.25, 0.3) is 0 Å². The maximum atomic E-state index is 12.0. The molecule has 92 valence electrons. The number of carbonyl (C=O) groups is 1. The quantitative estimate of drug-likeness (QED) is 0.746. The second-order valence-corrected chi connectivity index (χ2v) is 5.64. The lowest BCUT2D eigenvalue weighted by atomic mass is 10.1. The maximum absolute atomic E-state index is 12.0. The van der Waals surface area contributed by atoms with Gasteiger partial charge >= 0.3 is 0 Å². The van der Waals surface area contributed by atoms with E-state index in [4.69, 9.17) is 0 Å². The van der Waals surface area contributed by atoms with Gasteiger partial charge in [-0.25, -0.2) is 0 Å². The normalized spacial score (nSPS) is 25.8. The highest BCUT2D eigenvalue weighted by molar-refractivity contribution is 5.84. The largest absolute Gasteiger partial charge is 0.341 e. The lowest BCUT2D eigenvalue weighted by Crippen LogP contribution is -2.39. The maximum Gasteiger partial charge on any atom is 0.239 e. The van der Waals surface area contributed by atoms with Crippen molar-refractivity contribution < 1.29 is 4.79 Å². The first-order valence-electron chi connectivity index (χ1n) is 6.71. The van der Waals surface area contributed by atoms with Crippen LogP contribution in [-0.4, -0.2) is 36.0 Å². The fraction of sp³-hybridized carbons (Fsp3) is 0.923. The fourth-order valence-corrected chi connectivity index (χ4v) is 2.34. The van der Waals surface area contributed by atoms with Crippen LogP contribution >= 0.6 is 0 Å². The molecule has 1 aliphatic carbocycles. The Bertz CT molecular complexity index is 248. The third-order valence-corrected chi connectivity index (χ3v) is 3.52. The van der Waals surface area contributed by atoms with Crippen molar-refractivity contribution in [2.45, 2.75) is 58.0 Å². The van der Waals surface area contributed by atoms with Gasteiger partial charge in [-0.05, 0) is 38.0 Å². The molecule has 0 spiro atoms. The molecule has 3 nitrogen and oxygen atoms in total. The van der Waals surface area contributed by atoms with Gasteiger partial charge in [-0.2, -0.15) is 0 Å². The minimum atomic E-state index is 0.131. The first kappa shape index (κ1) is 11.9. The number of rotatable bonds is 6. The van der Waals surface area contributed by atoms with E-state index >= 15 is 0 Å². The highest BCUT2D eigenvalue weighted by atomic mass is 16.2. The molecule has 0 aromatic rings. The molecular formula is C13H24N2O. The molecule has 0 aromatic carbocycles. The van der Waals surface area contributed by atoms with Crippen LogP contribution in [0.1, 0.15) is 46.0 Å². The van der Waals surface area contributed by atoms with Gasteiger partial charge < -0.3 is 10.2 Å². The number of hydrogen-bond donors (Lipinski definition) is 1. The molecule has 2 rings (SSSR count). The summed E-state index contributed by atoms with van der Waals surface area (Å²) in [5.74, 6) is 1.09. The van der Waals surface area contributed by atoms with Crippen molar-refractivity contribution in [1.29, 1.82) is 0 Å². The van der Waals surface area contributed by atoms with Gasteiger partial charge in [-0.3, -0.25) is 4.79 Å². The summed E-state index contributed by atoms with van der Waals surface area (Å²) >= 11 is 0. The van der Waals surface area contributed by atoms with Crippen molar-refractivity contribution in [3.8, 4) is 0 Å². The molecule has 2 fully saturated rings.